The summed E-state index contributed by atoms with van der Waals surface area (Å²) in [7, 11) is 0. The van der Waals surface area contributed by atoms with Gasteiger partial charge in [-0.05, 0) is 11.6 Å². The number of benzene rings is 1. The van der Waals surface area contributed by atoms with E-state index in [9.17, 15) is 4.79 Å². The zero-order valence-electron chi connectivity index (χ0n) is 14.5. The van der Waals surface area contributed by atoms with E-state index in [1.54, 1.807) is 0 Å². The maximum absolute atomic E-state index is 11.9. The van der Waals surface area contributed by atoms with Gasteiger partial charge in [-0.25, -0.2) is 0 Å². The molecule has 0 saturated carbocycles. The number of nitrogens with zero attached hydrogens (tertiary/aromatic N) is 6. The van der Waals surface area contributed by atoms with Crippen molar-refractivity contribution in [1.82, 2.24) is 25.5 Å². The number of hydrogen-bond donors (Lipinski definition) is 1. The molecule has 2 heterocycles. The number of carbonyl (C=O) groups excluding carboxylic acids is 1. The molecule has 8 nitrogen and oxygen atoms in total. The summed E-state index contributed by atoms with van der Waals surface area (Å²) in [6.07, 6.45) is 8.42. The van der Waals surface area contributed by atoms with Crippen LogP contribution in [0.5, 0.6) is 0 Å². The molecule has 8 heteroatoms. The fourth-order valence-electron chi connectivity index (χ4n) is 2.58. The Morgan fingerprint density at radius 2 is 2.04 bits per heavy atom. The number of rotatable bonds is 10. The molecule has 3 rings (SSSR count). The van der Waals surface area contributed by atoms with Crippen molar-refractivity contribution in [3.63, 3.8) is 0 Å². The van der Waals surface area contributed by atoms with Crippen molar-refractivity contribution < 1.29 is 4.79 Å². The van der Waals surface area contributed by atoms with Crippen LogP contribution in [0.4, 0.5) is 0 Å². The van der Waals surface area contributed by atoms with Crippen molar-refractivity contribution in [3.05, 3.63) is 30.3 Å². The zero-order valence-corrected chi connectivity index (χ0v) is 14.5. The number of carbonyl (C=O) groups is 1. The number of amides is 1. The third kappa shape index (κ3) is 4.96. The van der Waals surface area contributed by atoms with Gasteiger partial charge in [0.25, 0.3) is 0 Å². The normalized spacial score (nSPS) is 14.0. The van der Waals surface area contributed by atoms with Crippen LogP contribution in [-0.2, 0) is 11.3 Å². The Morgan fingerprint density at radius 1 is 1.23 bits per heavy atom. The van der Waals surface area contributed by atoms with Crippen molar-refractivity contribution in [1.29, 1.82) is 0 Å². The Hall–Kier alpha value is -3.08. The van der Waals surface area contributed by atoms with Gasteiger partial charge in [0.15, 0.2) is 5.66 Å². The third-order valence-corrected chi connectivity index (χ3v) is 4.15. The summed E-state index contributed by atoms with van der Waals surface area (Å²) in [4.78, 5) is 13.4. The van der Waals surface area contributed by atoms with Crippen LogP contribution in [0.2, 0.25) is 0 Å². The topological polar surface area (TPSA) is 97.4 Å². The molecule has 0 bridgehead atoms. The van der Waals surface area contributed by atoms with E-state index in [0.717, 1.165) is 12.0 Å². The maximum Gasteiger partial charge on any atom is 0.220 e. The van der Waals surface area contributed by atoms with Gasteiger partial charge in [-0.3, -0.25) is 4.79 Å². The van der Waals surface area contributed by atoms with E-state index in [-0.39, 0.29) is 11.6 Å². The molecule has 0 saturated heterocycles. The molecule has 1 aliphatic heterocycles. The van der Waals surface area contributed by atoms with E-state index < -0.39 is 0 Å². The lowest BCUT2D eigenvalue weighted by atomic mass is 10.0. The average Bonchev–Trinajstić information content (AvgIpc) is 3.27. The molecular formula is C18H21N7O. The quantitative estimate of drug-likeness (QED) is 0.664. The minimum absolute atomic E-state index is 0.00106. The molecule has 1 aromatic carbocycles. The first-order valence-electron chi connectivity index (χ1n) is 8.68. The fraction of sp³-hybridized carbons (Fsp3) is 0.444. The fourth-order valence-corrected chi connectivity index (χ4v) is 2.58. The van der Waals surface area contributed by atoms with Gasteiger partial charge in [-0.15, -0.1) is 22.5 Å². The second-order valence-electron chi connectivity index (χ2n) is 6.17. The van der Waals surface area contributed by atoms with Crippen LogP contribution >= 0.6 is 0 Å². The van der Waals surface area contributed by atoms with E-state index in [2.05, 4.69) is 36.9 Å². The van der Waals surface area contributed by atoms with Gasteiger partial charge in [0.2, 0.25) is 11.7 Å². The molecule has 0 aliphatic carbocycles. The summed E-state index contributed by atoms with van der Waals surface area (Å²) < 4.78 is 0. The van der Waals surface area contributed by atoms with Gasteiger partial charge in [0.05, 0.1) is 6.54 Å². The summed E-state index contributed by atoms with van der Waals surface area (Å²) in [5.41, 5.74) is 0.573. The van der Waals surface area contributed by atoms with Crippen LogP contribution in [0.15, 0.2) is 40.6 Å². The highest BCUT2D eigenvalue weighted by Crippen LogP contribution is 2.35. The smallest absolute Gasteiger partial charge is 0.220 e. The molecule has 1 N–H and O–H groups in total. The monoisotopic (exact) mass is 351 g/mol. The van der Waals surface area contributed by atoms with Gasteiger partial charge < -0.3 is 5.32 Å². The Morgan fingerprint density at radius 3 is 2.77 bits per heavy atom. The van der Waals surface area contributed by atoms with Crippen molar-refractivity contribution in [2.24, 2.45) is 10.2 Å². The number of aromatic nitrogens is 4. The minimum atomic E-state index is -0.349. The van der Waals surface area contributed by atoms with Crippen LogP contribution in [0.25, 0.3) is 11.4 Å². The predicted octanol–water partition coefficient (Wildman–Crippen LogP) is 2.20. The first-order valence-corrected chi connectivity index (χ1v) is 8.68. The van der Waals surface area contributed by atoms with Gasteiger partial charge >= 0.3 is 0 Å². The summed E-state index contributed by atoms with van der Waals surface area (Å²) in [6, 6.07) is 9.67. The second-order valence-corrected chi connectivity index (χ2v) is 6.17. The molecule has 1 aliphatic rings. The van der Waals surface area contributed by atoms with Gasteiger partial charge in [0, 0.05) is 37.8 Å². The number of nitrogens with one attached hydrogen (secondary N) is 1. The predicted molar refractivity (Wildman–Crippen MR) is 95.8 cm³/mol. The minimum Gasteiger partial charge on any atom is -0.356 e. The molecule has 1 amide bonds. The van der Waals surface area contributed by atoms with Gasteiger partial charge in [-0.2, -0.15) is 15.0 Å². The molecule has 0 radical (unpaired) electrons. The summed E-state index contributed by atoms with van der Waals surface area (Å²) in [5, 5.41) is 23.4. The number of aryl methyl sites for hydroxylation is 1. The van der Waals surface area contributed by atoms with Gasteiger partial charge in [-0.1, -0.05) is 30.3 Å². The van der Waals surface area contributed by atoms with Crippen molar-refractivity contribution >= 4 is 5.91 Å². The van der Waals surface area contributed by atoms with E-state index in [1.165, 1.54) is 4.80 Å². The lowest BCUT2D eigenvalue weighted by Crippen LogP contribution is -2.28. The van der Waals surface area contributed by atoms with Crippen molar-refractivity contribution in [2.45, 2.75) is 44.3 Å². The van der Waals surface area contributed by atoms with E-state index in [1.807, 2.05) is 30.3 Å². The molecule has 1 aromatic heterocycles. The van der Waals surface area contributed by atoms with Crippen LogP contribution < -0.4 is 5.32 Å². The molecule has 26 heavy (non-hydrogen) atoms. The van der Waals surface area contributed by atoms with Crippen molar-refractivity contribution in [2.75, 3.05) is 6.54 Å². The lowest BCUT2D eigenvalue weighted by molar-refractivity contribution is -0.121. The molecule has 0 spiro atoms. The number of tetrazole rings is 1. The highest BCUT2D eigenvalue weighted by Gasteiger charge is 2.38. The molecule has 0 unspecified atom stereocenters. The maximum atomic E-state index is 11.9. The Balaban J connectivity index is 1.33. The Bertz CT molecular complexity index is 800. The molecular weight excluding hydrogens is 330 g/mol. The van der Waals surface area contributed by atoms with E-state index in [0.29, 0.717) is 44.6 Å². The summed E-state index contributed by atoms with van der Waals surface area (Å²) in [6.45, 7) is 1.10. The first kappa shape index (κ1) is 17.7. The highest BCUT2D eigenvalue weighted by atomic mass is 16.1. The zero-order chi connectivity index (χ0) is 18.2. The van der Waals surface area contributed by atoms with E-state index >= 15 is 0 Å². The van der Waals surface area contributed by atoms with Crippen LogP contribution in [0.3, 0.4) is 0 Å². The van der Waals surface area contributed by atoms with Crippen molar-refractivity contribution in [3.8, 4) is 23.7 Å². The summed E-state index contributed by atoms with van der Waals surface area (Å²) >= 11 is 0. The number of terminal acetylenes is 1. The molecule has 2 aromatic rings. The van der Waals surface area contributed by atoms with Crippen LogP contribution in [0, 0.1) is 12.3 Å². The molecule has 0 atom stereocenters. The first-order chi connectivity index (χ1) is 12.7. The summed E-state index contributed by atoms with van der Waals surface area (Å²) in [5.74, 6) is 3.18. The van der Waals surface area contributed by atoms with Crippen LogP contribution in [0.1, 0.15) is 32.1 Å². The standard InChI is InChI=1S/C18H21N7O/c1-2-3-11-18(22-23-18)12-13-19-16(26)10-7-14-25-21-17(20-24-25)15-8-5-4-6-9-15/h1,4-6,8-9H,3,7,10-14H2,(H,19,26). The highest BCUT2D eigenvalue weighted by molar-refractivity contribution is 5.75. The van der Waals surface area contributed by atoms with Gasteiger partial charge in [0.1, 0.15) is 0 Å². The lowest BCUT2D eigenvalue weighted by Gasteiger charge is -2.09. The van der Waals surface area contributed by atoms with E-state index in [4.69, 9.17) is 6.42 Å². The third-order valence-electron chi connectivity index (χ3n) is 4.15. The SMILES string of the molecule is C#CCCC1(CCNC(=O)CCCn2nnc(-c3ccccc3)n2)N=N1. The average molecular weight is 351 g/mol. The number of hydrogen-bond acceptors (Lipinski definition) is 6. The molecule has 134 valence electrons. The van der Waals surface area contributed by atoms with Crippen LogP contribution in [-0.4, -0.2) is 38.3 Å². The Kier molecular flexibility index (Phi) is 5.69. The molecule has 0 fully saturated rings. The Labute approximate surface area is 152 Å². The largest absolute Gasteiger partial charge is 0.356 e. The second kappa shape index (κ2) is 8.34.